The van der Waals surface area contributed by atoms with Crippen molar-refractivity contribution in [1.82, 2.24) is 9.80 Å². The Labute approximate surface area is 243 Å². The number of aliphatic imine (C=N–C) groups is 2. The van der Waals surface area contributed by atoms with E-state index in [1.54, 1.807) is 0 Å². The SMILES string of the molecule is CC(C)c1cccc(C(C)C)c1N=C1C(=Nc2cc(C(C)(C)C)ccc2C(C)(C)C)N(C)CCCN1C.[Ni]. The molecule has 0 aromatic heterocycles. The number of hydrogen-bond acceptors (Lipinski definition) is 2. The molecule has 0 spiro atoms. The Hall–Kier alpha value is -2.13. The molecule has 3 rings (SSSR count). The van der Waals surface area contributed by atoms with Crippen LogP contribution in [-0.2, 0) is 27.3 Å². The molecule has 0 radical (unpaired) electrons. The van der Waals surface area contributed by atoms with E-state index in [0.29, 0.717) is 11.8 Å². The fourth-order valence-corrected chi connectivity index (χ4v) is 4.95. The summed E-state index contributed by atoms with van der Waals surface area (Å²) >= 11 is 0. The average molecular weight is 561 g/mol. The molecule has 0 bridgehead atoms. The molecule has 0 atom stereocenters. The standard InChI is InChI=1S/C33H50N4.Ni/c1-22(2)25-15-13-16-26(23(3)4)29(25)35-31-30(36(11)19-14-20-37(31)12)34-28-21-24(32(5,6)7)17-18-27(28)33(8,9)10;/h13,15-18,21-23H,14,19-20H2,1-12H3;. The zero-order valence-electron chi connectivity index (χ0n) is 25.8. The van der Waals surface area contributed by atoms with Gasteiger partial charge in [0.05, 0.1) is 11.4 Å². The van der Waals surface area contributed by atoms with Crippen molar-refractivity contribution in [3.63, 3.8) is 0 Å². The summed E-state index contributed by atoms with van der Waals surface area (Å²) in [5, 5.41) is 0. The first kappa shape index (κ1) is 32.1. The predicted octanol–water partition coefficient (Wildman–Crippen LogP) is 8.55. The van der Waals surface area contributed by atoms with Gasteiger partial charge < -0.3 is 9.80 Å². The summed E-state index contributed by atoms with van der Waals surface area (Å²) in [4.78, 5) is 15.5. The van der Waals surface area contributed by atoms with Crippen LogP contribution in [0.15, 0.2) is 46.4 Å². The van der Waals surface area contributed by atoms with Crippen molar-refractivity contribution in [2.24, 2.45) is 9.98 Å². The average Bonchev–Trinajstić information content (AvgIpc) is 2.91. The molecule has 0 N–H and O–H groups in total. The first-order valence-electron chi connectivity index (χ1n) is 14.0. The van der Waals surface area contributed by atoms with Gasteiger partial charge in [-0.15, -0.1) is 0 Å². The summed E-state index contributed by atoms with van der Waals surface area (Å²) in [6, 6.07) is 13.5. The van der Waals surface area contributed by atoms with Gasteiger partial charge in [0.2, 0.25) is 0 Å². The summed E-state index contributed by atoms with van der Waals surface area (Å²) in [6.07, 6.45) is 1.07. The van der Waals surface area contributed by atoms with E-state index in [0.717, 1.165) is 42.6 Å². The predicted molar refractivity (Wildman–Crippen MR) is 163 cm³/mol. The second-order valence-electron chi connectivity index (χ2n) is 13.4. The third-order valence-corrected chi connectivity index (χ3v) is 7.37. The van der Waals surface area contributed by atoms with Crippen LogP contribution in [-0.4, -0.2) is 48.7 Å². The van der Waals surface area contributed by atoms with E-state index in [1.807, 2.05) is 0 Å². The zero-order chi connectivity index (χ0) is 27.7. The van der Waals surface area contributed by atoms with Crippen molar-refractivity contribution < 1.29 is 16.5 Å². The van der Waals surface area contributed by atoms with Crippen molar-refractivity contribution in [2.45, 2.75) is 98.3 Å². The maximum Gasteiger partial charge on any atom is 0.172 e. The molecule has 1 fully saturated rings. The van der Waals surface area contributed by atoms with Gasteiger partial charge in [0.25, 0.3) is 0 Å². The quantitative estimate of drug-likeness (QED) is 0.350. The number of rotatable bonds is 4. The maximum absolute atomic E-state index is 5.46. The first-order chi connectivity index (χ1) is 17.1. The van der Waals surface area contributed by atoms with E-state index < -0.39 is 0 Å². The number of nitrogens with zero attached hydrogens (tertiary/aromatic N) is 4. The number of benzene rings is 2. The van der Waals surface area contributed by atoms with Crippen LogP contribution in [0.25, 0.3) is 0 Å². The molecule has 1 saturated heterocycles. The molecule has 38 heavy (non-hydrogen) atoms. The molecule has 0 unspecified atom stereocenters. The van der Waals surface area contributed by atoms with Crippen LogP contribution < -0.4 is 0 Å². The van der Waals surface area contributed by atoms with Crippen LogP contribution in [0.4, 0.5) is 11.4 Å². The summed E-state index contributed by atoms with van der Waals surface area (Å²) in [7, 11) is 4.33. The molecule has 1 aliphatic rings. The van der Waals surface area contributed by atoms with Gasteiger partial charge in [0.1, 0.15) is 0 Å². The minimum absolute atomic E-state index is 0. The molecular weight excluding hydrogens is 511 g/mol. The van der Waals surface area contributed by atoms with Gasteiger partial charge in [0.15, 0.2) is 11.7 Å². The van der Waals surface area contributed by atoms with Gasteiger partial charge in [-0.2, -0.15) is 0 Å². The van der Waals surface area contributed by atoms with Crippen molar-refractivity contribution in [2.75, 3.05) is 27.2 Å². The Morgan fingerprint density at radius 3 is 1.66 bits per heavy atom. The van der Waals surface area contributed by atoms with Gasteiger partial charge in [-0.1, -0.05) is 99.6 Å². The summed E-state index contributed by atoms with van der Waals surface area (Å²) < 4.78 is 0. The number of amidine groups is 2. The normalized spacial score (nSPS) is 17.4. The number of para-hydroxylation sites is 1. The van der Waals surface area contributed by atoms with Gasteiger partial charge in [-0.3, -0.25) is 0 Å². The fourth-order valence-electron chi connectivity index (χ4n) is 4.95. The molecule has 1 aliphatic heterocycles. The molecule has 4 nitrogen and oxygen atoms in total. The van der Waals surface area contributed by atoms with Crippen molar-refractivity contribution >= 4 is 23.0 Å². The van der Waals surface area contributed by atoms with Gasteiger partial charge in [-0.25, -0.2) is 9.98 Å². The van der Waals surface area contributed by atoms with E-state index >= 15 is 0 Å². The van der Waals surface area contributed by atoms with Crippen LogP contribution >= 0.6 is 0 Å². The van der Waals surface area contributed by atoms with Gasteiger partial charge in [-0.05, 0) is 57.4 Å². The fraction of sp³-hybridized carbons (Fsp3) is 0.576. The van der Waals surface area contributed by atoms with E-state index in [1.165, 1.54) is 22.3 Å². The van der Waals surface area contributed by atoms with Crippen molar-refractivity contribution in [3.8, 4) is 0 Å². The smallest absolute Gasteiger partial charge is 0.172 e. The number of hydrogen-bond donors (Lipinski definition) is 0. The molecule has 2 aromatic rings. The summed E-state index contributed by atoms with van der Waals surface area (Å²) in [5.41, 5.74) is 7.34. The Morgan fingerprint density at radius 2 is 1.21 bits per heavy atom. The van der Waals surface area contributed by atoms with Gasteiger partial charge in [0, 0.05) is 43.7 Å². The molecule has 0 amide bonds. The van der Waals surface area contributed by atoms with Crippen LogP contribution in [0.2, 0.25) is 0 Å². The molecule has 212 valence electrons. The molecule has 2 aromatic carbocycles. The molecule has 1 heterocycles. The van der Waals surface area contributed by atoms with Crippen LogP contribution in [0.1, 0.15) is 110 Å². The van der Waals surface area contributed by atoms with Crippen LogP contribution in [0.5, 0.6) is 0 Å². The summed E-state index contributed by atoms with van der Waals surface area (Å²) in [5.74, 6) is 2.69. The van der Waals surface area contributed by atoms with E-state index in [9.17, 15) is 0 Å². The van der Waals surface area contributed by atoms with E-state index in [-0.39, 0.29) is 27.3 Å². The second kappa shape index (κ2) is 12.4. The second-order valence-corrected chi connectivity index (χ2v) is 13.4. The summed E-state index contributed by atoms with van der Waals surface area (Å²) in [6.45, 7) is 24.6. The number of likely N-dealkylation sites (N-methyl/N-ethyl adjacent to an activating group) is 2. The van der Waals surface area contributed by atoms with E-state index in [4.69, 9.17) is 9.98 Å². The largest absolute Gasteiger partial charge is 0.357 e. The van der Waals surface area contributed by atoms with E-state index in [2.05, 4.69) is 130 Å². The van der Waals surface area contributed by atoms with Gasteiger partial charge >= 0.3 is 0 Å². The van der Waals surface area contributed by atoms with Crippen LogP contribution in [0, 0.1) is 0 Å². The Kier molecular flexibility index (Phi) is 10.4. The van der Waals surface area contributed by atoms with Crippen LogP contribution in [0.3, 0.4) is 0 Å². The molecule has 5 heteroatoms. The minimum atomic E-state index is -0.0165. The van der Waals surface area contributed by atoms with Crippen molar-refractivity contribution in [3.05, 3.63) is 58.7 Å². The Balaban J connectivity index is 0.00000507. The molecule has 0 saturated carbocycles. The third kappa shape index (κ3) is 7.29. The minimum Gasteiger partial charge on any atom is -0.357 e. The van der Waals surface area contributed by atoms with Crippen molar-refractivity contribution in [1.29, 1.82) is 0 Å². The maximum atomic E-state index is 5.46. The Bertz CT molecular complexity index is 1140. The Morgan fingerprint density at radius 1 is 0.711 bits per heavy atom. The topological polar surface area (TPSA) is 31.2 Å². The first-order valence-corrected chi connectivity index (χ1v) is 14.0. The third-order valence-electron chi connectivity index (χ3n) is 7.37. The zero-order valence-corrected chi connectivity index (χ0v) is 26.8. The molecular formula is C33H50N4Ni. The monoisotopic (exact) mass is 560 g/mol. The molecule has 0 aliphatic carbocycles.